The average Bonchev–Trinajstić information content (AvgIpc) is 3.87. The third kappa shape index (κ3) is 7.86. The van der Waals surface area contributed by atoms with Gasteiger partial charge in [0.1, 0.15) is 23.1 Å². The molecule has 0 radical (unpaired) electrons. The second kappa shape index (κ2) is 13.9. The number of carbonyl (C=O) groups is 2. The molecular weight excluding hydrogens is 608 g/mol. The van der Waals surface area contributed by atoms with Gasteiger partial charge in [-0.1, -0.05) is 6.07 Å². The minimum Gasteiger partial charge on any atom is -0.489 e. The van der Waals surface area contributed by atoms with Gasteiger partial charge >= 0.3 is 6.61 Å². The van der Waals surface area contributed by atoms with Crippen LogP contribution in [0.2, 0.25) is 0 Å². The molecule has 2 amide bonds. The number of hydrogen-bond acceptors (Lipinski definition) is 7. The molecule has 2 aromatic rings. The third-order valence-electron chi connectivity index (χ3n) is 7.59. The first-order valence-corrected chi connectivity index (χ1v) is 14.2. The summed E-state index contributed by atoms with van der Waals surface area (Å²) in [6.07, 6.45) is 2.87. The molecule has 1 heterocycles. The summed E-state index contributed by atoms with van der Waals surface area (Å²) in [6, 6.07) is 5.15. The maximum Gasteiger partial charge on any atom is 0.387 e. The number of ether oxygens (including phenoxy) is 3. The lowest BCUT2D eigenvalue weighted by atomic mass is 10.0. The number of nitrogens with two attached hydrogens (primary N) is 2. The molecule has 3 atom stereocenters. The van der Waals surface area contributed by atoms with E-state index < -0.39 is 42.5 Å². The number of carbonyl (C=O) groups excluding carboxylic acids is 2. The topological polar surface area (TPSA) is 129 Å². The monoisotopic (exact) mass is 642 g/mol. The van der Waals surface area contributed by atoms with Crippen molar-refractivity contribution in [2.24, 2.45) is 23.3 Å². The van der Waals surface area contributed by atoms with E-state index in [0.29, 0.717) is 17.5 Å². The Bertz CT molecular complexity index is 1400. The van der Waals surface area contributed by atoms with Crippen LogP contribution in [0.25, 0.3) is 0 Å². The predicted octanol–water partition coefficient (Wildman–Crippen LogP) is 4.81. The smallest absolute Gasteiger partial charge is 0.387 e. The van der Waals surface area contributed by atoms with E-state index in [-0.39, 0.29) is 72.3 Å². The first kappa shape index (κ1) is 33.2. The highest BCUT2D eigenvalue weighted by atomic mass is 35.5. The van der Waals surface area contributed by atoms with Crippen molar-refractivity contribution < 1.29 is 41.4 Å². The molecule has 2 aromatic carbocycles. The van der Waals surface area contributed by atoms with Crippen molar-refractivity contribution in [3.63, 3.8) is 0 Å². The molecule has 240 valence electrons. The van der Waals surface area contributed by atoms with Crippen molar-refractivity contribution in [2.75, 3.05) is 13.2 Å². The van der Waals surface area contributed by atoms with Crippen molar-refractivity contribution in [1.82, 2.24) is 10.2 Å². The standard InChI is InChI=1S/C30H34F4N4O5.ClH/c1-15(35)27-26(28(36)40)38(22(13-37-25(39)10-16-2-3-16)20-8-7-19(31)12-21(20)32)29(43-27)18-6-9-23(42-30(33)34)24(11-18)41-14-17-4-5-17;/h6-9,11-12,15-17,22,29-30H,2-5,10,13-14,35H2,1H3,(H2,36,40)(H,37,39);1H/t15-,22?,29?;/m0./s1. The normalized spacial score (nSPS) is 19.2. The van der Waals surface area contributed by atoms with E-state index in [2.05, 4.69) is 10.1 Å². The summed E-state index contributed by atoms with van der Waals surface area (Å²) in [5.74, 6) is -2.56. The molecule has 0 spiro atoms. The lowest BCUT2D eigenvalue weighted by molar-refractivity contribution is -0.121. The zero-order valence-corrected chi connectivity index (χ0v) is 24.8. The maximum atomic E-state index is 15.3. The molecule has 9 nitrogen and oxygen atoms in total. The molecule has 1 aliphatic heterocycles. The molecule has 0 bridgehead atoms. The summed E-state index contributed by atoms with van der Waals surface area (Å²) in [7, 11) is 0. The Kier molecular flexibility index (Phi) is 10.5. The highest BCUT2D eigenvalue weighted by Gasteiger charge is 2.44. The largest absolute Gasteiger partial charge is 0.489 e. The molecule has 2 fully saturated rings. The highest BCUT2D eigenvalue weighted by Crippen LogP contribution is 2.46. The molecule has 44 heavy (non-hydrogen) atoms. The van der Waals surface area contributed by atoms with Gasteiger partial charge in [0.25, 0.3) is 5.91 Å². The van der Waals surface area contributed by atoms with E-state index in [0.717, 1.165) is 31.7 Å². The summed E-state index contributed by atoms with van der Waals surface area (Å²) < 4.78 is 72.3. The maximum absolute atomic E-state index is 15.3. The minimum atomic E-state index is -3.11. The highest BCUT2D eigenvalue weighted by molar-refractivity contribution is 5.92. The third-order valence-corrected chi connectivity index (χ3v) is 7.59. The van der Waals surface area contributed by atoms with Gasteiger partial charge in [0.2, 0.25) is 5.91 Å². The Morgan fingerprint density at radius 1 is 1.07 bits per heavy atom. The number of alkyl halides is 2. The Labute approximate surface area is 258 Å². The summed E-state index contributed by atoms with van der Waals surface area (Å²) in [5.41, 5.74) is 12.1. The van der Waals surface area contributed by atoms with Crippen LogP contribution in [-0.4, -0.2) is 42.5 Å². The molecule has 2 unspecified atom stereocenters. The van der Waals surface area contributed by atoms with E-state index in [1.54, 1.807) is 6.92 Å². The van der Waals surface area contributed by atoms with E-state index in [9.17, 15) is 22.8 Å². The average molecular weight is 643 g/mol. The number of amides is 2. The van der Waals surface area contributed by atoms with E-state index in [4.69, 9.17) is 20.9 Å². The molecule has 2 aliphatic carbocycles. The zero-order valence-electron chi connectivity index (χ0n) is 23.9. The number of primary amides is 1. The first-order chi connectivity index (χ1) is 20.5. The predicted molar refractivity (Wildman–Crippen MR) is 154 cm³/mol. The molecular formula is C30H35ClF4N4O5. The number of rotatable bonds is 14. The van der Waals surface area contributed by atoms with Gasteiger partial charge in [0.05, 0.1) is 18.7 Å². The fraction of sp³-hybridized carbons (Fsp3) is 0.467. The number of halogens is 5. The molecule has 3 aliphatic rings. The van der Waals surface area contributed by atoms with Crippen LogP contribution < -0.4 is 26.3 Å². The van der Waals surface area contributed by atoms with Crippen molar-refractivity contribution in [3.05, 3.63) is 70.6 Å². The lowest BCUT2D eigenvalue weighted by Gasteiger charge is -2.35. The lowest BCUT2D eigenvalue weighted by Crippen LogP contribution is -2.41. The SMILES string of the molecule is C[C@H](N)C1=C(C(N)=O)N(C(CNC(=O)CC2CC2)c2ccc(F)cc2F)C(c2ccc(OC(F)F)c(OCC3CC3)c2)O1.Cl. The fourth-order valence-corrected chi connectivity index (χ4v) is 5.07. The van der Waals surface area contributed by atoms with Crippen LogP contribution in [0.5, 0.6) is 11.5 Å². The van der Waals surface area contributed by atoms with Crippen LogP contribution in [0, 0.1) is 23.5 Å². The summed E-state index contributed by atoms with van der Waals surface area (Å²) in [5, 5.41) is 2.80. The van der Waals surface area contributed by atoms with Gasteiger partial charge in [-0.15, -0.1) is 12.4 Å². The Morgan fingerprint density at radius 2 is 1.77 bits per heavy atom. The number of nitrogens with zero attached hydrogens (tertiary/aromatic N) is 1. The quantitative estimate of drug-likeness (QED) is 0.252. The molecule has 0 saturated heterocycles. The molecule has 0 aromatic heterocycles. The van der Waals surface area contributed by atoms with Crippen molar-refractivity contribution in [3.8, 4) is 11.5 Å². The zero-order chi connectivity index (χ0) is 30.8. The first-order valence-electron chi connectivity index (χ1n) is 14.2. The number of benzene rings is 2. The van der Waals surface area contributed by atoms with Crippen LogP contribution in [-0.2, 0) is 14.3 Å². The van der Waals surface area contributed by atoms with Crippen LogP contribution in [0.1, 0.15) is 62.4 Å². The van der Waals surface area contributed by atoms with Gasteiger partial charge in [-0.3, -0.25) is 9.59 Å². The van der Waals surface area contributed by atoms with Crippen molar-refractivity contribution in [1.29, 1.82) is 0 Å². The summed E-state index contributed by atoms with van der Waals surface area (Å²) in [4.78, 5) is 27.0. The Hall–Kier alpha value is -3.71. The molecule has 2 saturated carbocycles. The van der Waals surface area contributed by atoms with E-state index in [1.807, 2.05) is 0 Å². The summed E-state index contributed by atoms with van der Waals surface area (Å²) >= 11 is 0. The minimum absolute atomic E-state index is 0. The van der Waals surface area contributed by atoms with Crippen molar-refractivity contribution >= 4 is 24.2 Å². The van der Waals surface area contributed by atoms with Crippen LogP contribution in [0.4, 0.5) is 17.6 Å². The van der Waals surface area contributed by atoms with E-state index >= 15 is 4.39 Å². The second-order valence-corrected chi connectivity index (χ2v) is 11.2. The number of nitrogens with one attached hydrogen (secondary N) is 1. The van der Waals surface area contributed by atoms with Crippen LogP contribution in [0.3, 0.4) is 0 Å². The molecule has 14 heteroatoms. The van der Waals surface area contributed by atoms with Gasteiger partial charge in [0, 0.05) is 30.2 Å². The molecule has 5 rings (SSSR count). The van der Waals surface area contributed by atoms with Gasteiger partial charge in [-0.2, -0.15) is 8.78 Å². The Morgan fingerprint density at radius 3 is 2.36 bits per heavy atom. The van der Waals surface area contributed by atoms with Gasteiger partial charge in [-0.25, -0.2) is 8.78 Å². The van der Waals surface area contributed by atoms with E-state index in [1.165, 1.54) is 29.2 Å². The van der Waals surface area contributed by atoms with Crippen molar-refractivity contribution in [2.45, 2.75) is 64.0 Å². The van der Waals surface area contributed by atoms with Crippen LogP contribution in [0.15, 0.2) is 47.9 Å². The number of hydrogen-bond donors (Lipinski definition) is 3. The van der Waals surface area contributed by atoms with Gasteiger partial charge < -0.3 is 35.9 Å². The van der Waals surface area contributed by atoms with Crippen LogP contribution >= 0.6 is 12.4 Å². The fourth-order valence-electron chi connectivity index (χ4n) is 5.07. The Balaban J connectivity index is 0.00000442. The summed E-state index contributed by atoms with van der Waals surface area (Å²) in [6.45, 7) is -1.46. The second-order valence-electron chi connectivity index (χ2n) is 11.2. The van der Waals surface area contributed by atoms with Gasteiger partial charge in [-0.05, 0) is 68.7 Å². The molecule has 5 N–H and O–H groups in total. The van der Waals surface area contributed by atoms with Gasteiger partial charge in [0.15, 0.2) is 17.7 Å².